The van der Waals surface area contributed by atoms with Crippen molar-refractivity contribution in [2.45, 2.75) is 17.8 Å². The molecule has 0 saturated carbocycles. The van der Waals surface area contributed by atoms with E-state index in [1.165, 1.54) is 30.0 Å². The molecule has 0 aromatic heterocycles. The Labute approximate surface area is 159 Å². The maximum Gasteiger partial charge on any atom is 0.164 e. The van der Waals surface area contributed by atoms with E-state index in [0.29, 0.717) is 10.9 Å². The molecular weight excluding hydrogens is 397 g/mol. The highest BCUT2D eigenvalue weighted by Gasteiger charge is 2.47. The largest absolute Gasteiger partial charge is 0.312 e. The minimum absolute atomic E-state index is 0.0857. The van der Waals surface area contributed by atoms with Crippen molar-refractivity contribution in [2.75, 3.05) is 16.4 Å². The Morgan fingerprint density at radius 2 is 1.74 bits per heavy atom. The lowest BCUT2D eigenvalue weighted by Crippen LogP contribution is -2.39. The summed E-state index contributed by atoms with van der Waals surface area (Å²) in [7, 11) is -3.26. The molecular formula is C18H15F3N2O2S2. The monoisotopic (exact) mass is 412 g/mol. The topological polar surface area (TPSA) is 49.7 Å². The minimum atomic E-state index is -3.26. The van der Waals surface area contributed by atoms with Gasteiger partial charge in [0.2, 0.25) is 0 Å². The number of hydrogen-bond donors (Lipinski definition) is 0. The maximum atomic E-state index is 14.4. The SMILES string of the molecule is O=S1(=O)CC2N=C(SCc3ccc(F)cc3)N(c3ccc(F)cc3F)C2C1. The molecule has 1 fully saturated rings. The highest BCUT2D eigenvalue weighted by atomic mass is 32.2. The smallest absolute Gasteiger partial charge is 0.164 e. The molecule has 4 rings (SSSR count). The first-order chi connectivity index (χ1) is 12.8. The van der Waals surface area contributed by atoms with E-state index in [4.69, 9.17) is 0 Å². The fourth-order valence-electron chi connectivity index (χ4n) is 3.32. The molecule has 2 aliphatic heterocycles. The van der Waals surface area contributed by atoms with Crippen LogP contribution in [0.25, 0.3) is 0 Å². The number of fused-ring (bicyclic) bond motifs is 1. The van der Waals surface area contributed by atoms with Crippen molar-refractivity contribution in [2.24, 2.45) is 4.99 Å². The van der Waals surface area contributed by atoms with Gasteiger partial charge in [0.1, 0.15) is 17.5 Å². The zero-order valence-corrected chi connectivity index (χ0v) is 15.6. The van der Waals surface area contributed by atoms with Crippen molar-refractivity contribution in [3.05, 3.63) is 65.5 Å². The lowest BCUT2D eigenvalue weighted by Gasteiger charge is -2.26. The van der Waals surface area contributed by atoms with Crippen LogP contribution in [0.15, 0.2) is 47.5 Å². The van der Waals surface area contributed by atoms with Crippen LogP contribution in [0.1, 0.15) is 5.56 Å². The molecule has 0 spiro atoms. The highest BCUT2D eigenvalue weighted by Crippen LogP contribution is 2.37. The average molecular weight is 412 g/mol. The predicted octanol–water partition coefficient (Wildman–Crippen LogP) is 3.38. The van der Waals surface area contributed by atoms with Gasteiger partial charge in [-0.05, 0) is 29.8 Å². The number of anilines is 1. The lowest BCUT2D eigenvalue weighted by molar-refractivity contribution is 0.577. The summed E-state index contributed by atoms with van der Waals surface area (Å²) >= 11 is 1.31. The standard InChI is InChI=1S/C18H15F3N2O2S2/c19-12-3-1-11(2-4-12)8-26-18-22-15-9-27(24,25)10-17(15)23(18)16-6-5-13(20)7-14(16)21/h1-7,15,17H,8-10H2. The van der Waals surface area contributed by atoms with Crippen molar-refractivity contribution in [1.82, 2.24) is 0 Å². The molecule has 2 aromatic carbocycles. The van der Waals surface area contributed by atoms with Crippen LogP contribution in [0, 0.1) is 17.5 Å². The normalized spacial score (nSPS) is 23.4. The molecule has 4 nitrogen and oxygen atoms in total. The molecule has 27 heavy (non-hydrogen) atoms. The van der Waals surface area contributed by atoms with Crippen molar-refractivity contribution in [3.8, 4) is 0 Å². The quantitative estimate of drug-likeness (QED) is 0.776. The zero-order valence-electron chi connectivity index (χ0n) is 14.0. The third-order valence-corrected chi connectivity index (χ3v) is 7.29. The number of sulfone groups is 1. The number of aliphatic imine (C=N–C) groups is 1. The van der Waals surface area contributed by atoms with Crippen LogP contribution < -0.4 is 4.90 Å². The van der Waals surface area contributed by atoms with Crippen LogP contribution in [0.2, 0.25) is 0 Å². The molecule has 2 heterocycles. The molecule has 2 aromatic rings. The molecule has 2 aliphatic rings. The number of benzene rings is 2. The van der Waals surface area contributed by atoms with Gasteiger partial charge in [-0.2, -0.15) is 0 Å². The molecule has 0 N–H and O–H groups in total. The predicted molar refractivity (Wildman–Crippen MR) is 100 cm³/mol. The van der Waals surface area contributed by atoms with Gasteiger partial charge in [0, 0.05) is 11.8 Å². The Kier molecular flexibility index (Phi) is 4.67. The first-order valence-electron chi connectivity index (χ1n) is 8.22. The van der Waals surface area contributed by atoms with Crippen LogP contribution in [0.3, 0.4) is 0 Å². The van der Waals surface area contributed by atoms with Crippen molar-refractivity contribution >= 4 is 32.5 Å². The molecule has 1 saturated heterocycles. The van der Waals surface area contributed by atoms with E-state index in [1.54, 1.807) is 17.0 Å². The number of thioether (sulfide) groups is 1. The van der Waals surface area contributed by atoms with Gasteiger partial charge in [-0.1, -0.05) is 23.9 Å². The summed E-state index contributed by atoms with van der Waals surface area (Å²) < 4.78 is 64.7. The van der Waals surface area contributed by atoms with Crippen LogP contribution in [0.4, 0.5) is 18.9 Å². The maximum absolute atomic E-state index is 14.4. The number of hydrogen-bond acceptors (Lipinski definition) is 5. The van der Waals surface area contributed by atoms with Gasteiger partial charge in [-0.3, -0.25) is 4.99 Å². The Balaban J connectivity index is 1.64. The van der Waals surface area contributed by atoms with Gasteiger partial charge in [-0.25, -0.2) is 21.6 Å². The first-order valence-corrected chi connectivity index (χ1v) is 11.0. The van der Waals surface area contributed by atoms with E-state index < -0.39 is 33.6 Å². The Bertz CT molecular complexity index is 1010. The third kappa shape index (κ3) is 3.70. The molecule has 0 bridgehead atoms. The number of halogens is 3. The van der Waals surface area contributed by atoms with Crippen molar-refractivity contribution in [1.29, 1.82) is 0 Å². The number of nitrogens with zero attached hydrogens (tertiary/aromatic N) is 2. The summed E-state index contributed by atoms with van der Waals surface area (Å²) in [5, 5.41) is 0.481. The molecule has 0 aliphatic carbocycles. The third-order valence-electron chi connectivity index (χ3n) is 4.56. The molecule has 142 valence electrons. The first kappa shape index (κ1) is 18.4. The fourth-order valence-corrected chi connectivity index (χ4v) is 6.24. The van der Waals surface area contributed by atoms with Gasteiger partial charge in [0.15, 0.2) is 15.0 Å². The summed E-state index contributed by atoms with van der Waals surface area (Å²) in [5.74, 6) is -1.56. The average Bonchev–Trinajstić information content (AvgIpc) is 3.06. The van der Waals surface area contributed by atoms with Crippen molar-refractivity contribution in [3.63, 3.8) is 0 Å². The zero-order chi connectivity index (χ0) is 19.2. The highest BCUT2D eigenvalue weighted by molar-refractivity contribution is 8.13. The van der Waals surface area contributed by atoms with E-state index in [9.17, 15) is 21.6 Å². The summed E-state index contributed by atoms with van der Waals surface area (Å²) in [6.45, 7) is 0. The molecule has 2 unspecified atom stereocenters. The van der Waals surface area contributed by atoms with Crippen molar-refractivity contribution < 1.29 is 21.6 Å². The lowest BCUT2D eigenvalue weighted by atomic mass is 10.1. The summed E-state index contributed by atoms with van der Waals surface area (Å²) in [4.78, 5) is 6.05. The minimum Gasteiger partial charge on any atom is -0.312 e. The number of amidine groups is 1. The van der Waals surface area contributed by atoms with Crippen LogP contribution in [-0.4, -0.2) is 37.2 Å². The molecule has 0 radical (unpaired) electrons. The second-order valence-electron chi connectivity index (χ2n) is 6.50. The van der Waals surface area contributed by atoms with E-state index >= 15 is 0 Å². The van der Waals surface area contributed by atoms with E-state index in [2.05, 4.69) is 4.99 Å². The van der Waals surface area contributed by atoms with Gasteiger partial charge in [0.25, 0.3) is 0 Å². The Morgan fingerprint density at radius 3 is 2.44 bits per heavy atom. The Morgan fingerprint density at radius 1 is 1.04 bits per heavy atom. The number of rotatable bonds is 3. The summed E-state index contributed by atoms with van der Waals surface area (Å²) in [6, 6.07) is 8.21. The Hall–Kier alpha value is -2.00. The molecule has 2 atom stereocenters. The van der Waals surface area contributed by atoms with E-state index in [-0.39, 0.29) is 23.0 Å². The molecule has 0 amide bonds. The van der Waals surface area contributed by atoms with E-state index in [1.807, 2.05) is 0 Å². The molecule has 9 heteroatoms. The second kappa shape index (κ2) is 6.87. The van der Waals surface area contributed by atoms with Gasteiger partial charge >= 0.3 is 0 Å². The fraction of sp³-hybridized carbons (Fsp3) is 0.278. The van der Waals surface area contributed by atoms with Gasteiger partial charge < -0.3 is 4.90 Å². The van der Waals surface area contributed by atoms with Gasteiger partial charge in [-0.15, -0.1) is 0 Å². The van der Waals surface area contributed by atoms with Crippen LogP contribution in [-0.2, 0) is 15.6 Å². The summed E-state index contributed by atoms with van der Waals surface area (Å²) in [5.41, 5.74) is 0.958. The van der Waals surface area contributed by atoms with Crippen LogP contribution >= 0.6 is 11.8 Å². The van der Waals surface area contributed by atoms with Gasteiger partial charge in [0.05, 0.1) is 29.3 Å². The van der Waals surface area contributed by atoms with E-state index in [0.717, 1.165) is 17.7 Å². The summed E-state index contributed by atoms with van der Waals surface area (Å²) in [6.07, 6.45) is 0. The van der Waals surface area contributed by atoms with Crippen LogP contribution in [0.5, 0.6) is 0 Å². The second-order valence-corrected chi connectivity index (χ2v) is 9.60.